The van der Waals surface area contributed by atoms with Crippen LogP contribution >= 0.6 is 34.5 Å². The minimum Gasteiger partial charge on any atom is -0.455 e. The summed E-state index contributed by atoms with van der Waals surface area (Å²) in [6.45, 7) is -0.0203. The molecule has 0 fully saturated rings. The maximum Gasteiger partial charge on any atom is 0.312 e. The summed E-state index contributed by atoms with van der Waals surface area (Å²) in [7, 11) is 0. The Labute approximate surface area is 168 Å². The number of esters is 1. The van der Waals surface area contributed by atoms with Gasteiger partial charge in [-0.15, -0.1) is 11.3 Å². The third kappa shape index (κ3) is 4.13. The number of fused-ring (bicyclic) bond motifs is 1. The van der Waals surface area contributed by atoms with Crippen LogP contribution in [0.3, 0.4) is 0 Å². The molecule has 0 spiro atoms. The topological polar surface area (TPSA) is 65.2 Å². The number of aromatic nitrogens is 2. The van der Waals surface area contributed by atoms with Gasteiger partial charge in [0.2, 0.25) is 5.89 Å². The molecule has 2 heterocycles. The third-order valence-electron chi connectivity index (χ3n) is 3.73. The van der Waals surface area contributed by atoms with Crippen molar-refractivity contribution >= 4 is 51.6 Å². The van der Waals surface area contributed by atoms with Crippen LogP contribution in [-0.4, -0.2) is 15.9 Å². The molecular weight excluding hydrogens is 407 g/mol. The highest BCUT2D eigenvalue weighted by Crippen LogP contribution is 2.32. The number of oxazole rings is 1. The number of hydrogen-bond acceptors (Lipinski definition) is 6. The van der Waals surface area contributed by atoms with Gasteiger partial charge in [0.15, 0.2) is 12.2 Å². The van der Waals surface area contributed by atoms with E-state index in [2.05, 4.69) is 9.97 Å². The number of carbonyl (C=O) groups excluding carboxylic acids is 1. The van der Waals surface area contributed by atoms with E-state index < -0.39 is 5.97 Å². The fraction of sp³-hybridized carbons (Fsp3) is 0.105. The standard InChI is InChI=1S/C19H12Cl2N2O3S/c20-11-5-6-13(14(21)7-11)19-22-12(10-27-19)8-18(24)25-9-17-23-15-3-1-2-4-16(15)26-17/h1-7,10H,8-9H2. The van der Waals surface area contributed by atoms with E-state index in [1.54, 1.807) is 23.6 Å². The highest BCUT2D eigenvalue weighted by Gasteiger charge is 2.14. The van der Waals surface area contributed by atoms with Crippen molar-refractivity contribution in [1.29, 1.82) is 0 Å². The molecule has 0 radical (unpaired) electrons. The Morgan fingerprint density at radius 2 is 2.00 bits per heavy atom. The fourth-order valence-corrected chi connectivity index (χ4v) is 3.91. The molecule has 8 heteroatoms. The van der Waals surface area contributed by atoms with Crippen LogP contribution in [0, 0.1) is 0 Å². The quantitative estimate of drug-likeness (QED) is 0.397. The highest BCUT2D eigenvalue weighted by molar-refractivity contribution is 7.13. The molecule has 0 aliphatic heterocycles. The molecule has 0 N–H and O–H groups in total. The number of rotatable bonds is 5. The monoisotopic (exact) mass is 418 g/mol. The smallest absolute Gasteiger partial charge is 0.312 e. The van der Waals surface area contributed by atoms with Gasteiger partial charge in [-0.2, -0.15) is 0 Å². The molecule has 2 aromatic heterocycles. The van der Waals surface area contributed by atoms with Crippen molar-refractivity contribution in [2.24, 2.45) is 0 Å². The summed E-state index contributed by atoms with van der Waals surface area (Å²) in [4.78, 5) is 20.8. The maximum atomic E-state index is 12.1. The molecule has 0 saturated carbocycles. The molecule has 0 amide bonds. The summed E-state index contributed by atoms with van der Waals surface area (Å²) >= 11 is 13.5. The van der Waals surface area contributed by atoms with E-state index in [0.717, 1.165) is 16.1 Å². The SMILES string of the molecule is O=C(Cc1csc(-c2ccc(Cl)cc2Cl)n1)OCc1nc2ccccc2o1. The second kappa shape index (κ2) is 7.68. The van der Waals surface area contributed by atoms with E-state index in [9.17, 15) is 4.79 Å². The first-order valence-corrected chi connectivity index (χ1v) is 9.62. The van der Waals surface area contributed by atoms with E-state index in [1.807, 2.05) is 24.3 Å². The second-order valence-corrected chi connectivity index (χ2v) is 7.38. The molecule has 4 rings (SSSR count). The van der Waals surface area contributed by atoms with Crippen molar-refractivity contribution < 1.29 is 13.9 Å². The number of carbonyl (C=O) groups is 1. The first-order valence-electron chi connectivity index (χ1n) is 7.98. The zero-order valence-corrected chi connectivity index (χ0v) is 16.1. The molecule has 5 nitrogen and oxygen atoms in total. The van der Waals surface area contributed by atoms with Gasteiger partial charge < -0.3 is 9.15 Å². The zero-order chi connectivity index (χ0) is 18.8. The minimum atomic E-state index is -0.406. The van der Waals surface area contributed by atoms with Gasteiger partial charge in [0.1, 0.15) is 10.5 Å². The summed E-state index contributed by atoms with van der Waals surface area (Å²) in [6.07, 6.45) is 0.0575. The number of ether oxygens (including phenoxy) is 1. The van der Waals surface area contributed by atoms with Crippen LogP contribution in [0.1, 0.15) is 11.6 Å². The average Bonchev–Trinajstić information content (AvgIpc) is 3.26. The van der Waals surface area contributed by atoms with E-state index >= 15 is 0 Å². The lowest BCUT2D eigenvalue weighted by molar-refractivity contribution is -0.144. The van der Waals surface area contributed by atoms with Crippen LogP contribution in [0.5, 0.6) is 0 Å². The number of thiazole rings is 1. The van der Waals surface area contributed by atoms with Crippen molar-refractivity contribution in [3.63, 3.8) is 0 Å². The van der Waals surface area contributed by atoms with Crippen molar-refractivity contribution in [1.82, 2.24) is 9.97 Å². The van der Waals surface area contributed by atoms with Gasteiger partial charge >= 0.3 is 5.97 Å². The van der Waals surface area contributed by atoms with Gasteiger partial charge in [-0.1, -0.05) is 35.3 Å². The molecule has 0 saturated heterocycles. The summed E-state index contributed by atoms with van der Waals surface area (Å²) in [5, 5.41) is 3.60. The lowest BCUT2D eigenvalue weighted by Crippen LogP contribution is -2.08. The molecule has 0 unspecified atom stereocenters. The van der Waals surface area contributed by atoms with Gasteiger partial charge in [-0.25, -0.2) is 9.97 Å². The third-order valence-corrected chi connectivity index (χ3v) is 5.21. The van der Waals surface area contributed by atoms with Crippen LogP contribution in [-0.2, 0) is 22.6 Å². The molecule has 4 aromatic rings. The lowest BCUT2D eigenvalue weighted by Gasteiger charge is -2.01. The Morgan fingerprint density at radius 1 is 1.15 bits per heavy atom. The molecular formula is C19H12Cl2N2O3S. The summed E-state index contributed by atoms with van der Waals surface area (Å²) < 4.78 is 10.8. The predicted molar refractivity (Wildman–Crippen MR) is 105 cm³/mol. The number of nitrogens with zero attached hydrogens (tertiary/aromatic N) is 2. The summed E-state index contributed by atoms with van der Waals surface area (Å²) in [6, 6.07) is 12.6. The molecule has 2 aromatic carbocycles. The summed E-state index contributed by atoms with van der Waals surface area (Å²) in [5.41, 5.74) is 2.78. The van der Waals surface area contributed by atoms with Crippen LogP contribution in [0.4, 0.5) is 0 Å². The number of halogens is 2. The first kappa shape index (κ1) is 18.0. The highest BCUT2D eigenvalue weighted by atomic mass is 35.5. The molecule has 0 bridgehead atoms. The van der Waals surface area contributed by atoms with Crippen LogP contribution in [0.15, 0.2) is 52.3 Å². The predicted octanol–water partition coefficient (Wildman–Crippen LogP) is 5.54. The Balaban J connectivity index is 1.39. The van der Waals surface area contributed by atoms with Gasteiger partial charge in [-0.3, -0.25) is 4.79 Å². The lowest BCUT2D eigenvalue weighted by atomic mass is 10.2. The van der Waals surface area contributed by atoms with Crippen molar-refractivity contribution in [3.05, 3.63) is 69.5 Å². The maximum absolute atomic E-state index is 12.1. The van der Waals surface area contributed by atoms with Crippen molar-refractivity contribution in [2.75, 3.05) is 0 Å². The Kier molecular flexibility index (Phi) is 5.11. The van der Waals surface area contributed by atoms with Gasteiger partial charge in [0.05, 0.1) is 17.1 Å². The minimum absolute atomic E-state index is 0.0203. The normalized spacial score (nSPS) is 11.0. The van der Waals surface area contributed by atoms with Crippen molar-refractivity contribution in [3.8, 4) is 10.6 Å². The molecule has 0 aliphatic rings. The largest absolute Gasteiger partial charge is 0.455 e. The first-order chi connectivity index (χ1) is 13.1. The van der Waals surface area contributed by atoms with Gasteiger partial charge in [0, 0.05) is 16.0 Å². The Morgan fingerprint density at radius 3 is 2.81 bits per heavy atom. The van der Waals surface area contributed by atoms with Crippen molar-refractivity contribution in [2.45, 2.75) is 13.0 Å². The molecule has 0 aliphatic carbocycles. The number of hydrogen-bond donors (Lipinski definition) is 0. The Bertz CT molecular complexity index is 1090. The van der Waals surface area contributed by atoms with E-state index in [1.165, 1.54) is 11.3 Å². The van der Waals surface area contributed by atoms with E-state index in [0.29, 0.717) is 27.2 Å². The van der Waals surface area contributed by atoms with E-state index in [-0.39, 0.29) is 13.0 Å². The zero-order valence-electron chi connectivity index (χ0n) is 13.8. The van der Waals surface area contributed by atoms with Gasteiger partial charge in [0.25, 0.3) is 0 Å². The molecule has 136 valence electrons. The molecule has 0 atom stereocenters. The van der Waals surface area contributed by atoms with E-state index in [4.69, 9.17) is 32.4 Å². The molecule has 27 heavy (non-hydrogen) atoms. The van der Waals surface area contributed by atoms with Crippen LogP contribution in [0.25, 0.3) is 21.7 Å². The van der Waals surface area contributed by atoms with Crippen LogP contribution in [0.2, 0.25) is 10.0 Å². The number of benzene rings is 2. The van der Waals surface area contributed by atoms with Crippen LogP contribution < -0.4 is 0 Å². The second-order valence-electron chi connectivity index (χ2n) is 5.68. The van der Waals surface area contributed by atoms with Gasteiger partial charge in [-0.05, 0) is 30.3 Å². The number of para-hydroxylation sites is 2. The average molecular weight is 419 g/mol. The summed E-state index contributed by atoms with van der Waals surface area (Å²) in [5.74, 6) is -0.0484. The fourth-order valence-electron chi connectivity index (χ4n) is 2.50. The Hall–Kier alpha value is -2.41.